The van der Waals surface area contributed by atoms with Gasteiger partial charge >= 0.3 is 0 Å². The number of primary amides is 1. The summed E-state index contributed by atoms with van der Waals surface area (Å²) in [5, 5.41) is 0. The van der Waals surface area contributed by atoms with Crippen LogP contribution < -0.4 is 5.73 Å². The first-order valence-electron chi connectivity index (χ1n) is 6.99. The second-order valence-corrected chi connectivity index (χ2v) is 5.11. The van der Waals surface area contributed by atoms with E-state index in [0.717, 1.165) is 12.1 Å². The van der Waals surface area contributed by atoms with E-state index in [1.165, 1.54) is 11.0 Å². The normalized spacial score (nSPS) is 11.8. The summed E-state index contributed by atoms with van der Waals surface area (Å²) in [6.07, 6.45) is 0. The Morgan fingerprint density at radius 3 is 2.30 bits per heavy atom. The molecule has 4 nitrogen and oxygen atoms in total. The van der Waals surface area contributed by atoms with E-state index in [-0.39, 0.29) is 6.54 Å². The summed E-state index contributed by atoms with van der Waals surface area (Å²) in [4.78, 5) is 25.1. The van der Waals surface area contributed by atoms with Crippen LogP contribution in [0.2, 0.25) is 0 Å². The Morgan fingerprint density at radius 1 is 1.09 bits per heavy atom. The molecule has 0 fully saturated rings. The predicted octanol–water partition coefficient (Wildman–Crippen LogP) is 2.65. The van der Waals surface area contributed by atoms with Crippen molar-refractivity contribution < 1.29 is 18.4 Å². The van der Waals surface area contributed by atoms with Crippen LogP contribution in [0.1, 0.15) is 28.9 Å². The highest BCUT2D eigenvalue weighted by atomic mass is 19.2. The van der Waals surface area contributed by atoms with Gasteiger partial charge in [0.25, 0.3) is 5.91 Å². The van der Waals surface area contributed by atoms with Crippen molar-refractivity contribution in [3.63, 3.8) is 0 Å². The lowest BCUT2D eigenvalue weighted by Crippen LogP contribution is -2.40. The minimum atomic E-state index is -1.01. The van der Waals surface area contributed by atoms with Gasteiger partial charge in [-0.25, -0.2) is 8.78 Å². The highest BCUT2D eigenvalue weighted by Gasteiger charge is 2.24. The van der Waals surface area contributed by atoms with E-state index in [0.29, 0.717) is 11.1 Å². The first-order chi connectivity index (χ1) is 10.9. The van der Waals surface area contributed by atoms with E-state index in [9.17, 15) is 18.4 Å². The first kappa shape index (κ1) is 16.6. The lowest BCUT2D eigenvalue weighted by atomic mass is 10.0. The van der Waals surface area contributed by atoms with Crippen molar-refractivity contribution in [2.24, 2.45) is 5.73 Å². The zero-order chi connectivity index (χ0) is 17.0. The molecule has 2 amide bonds. The summed E-state index contributed by atoms with van der Waals surface area (Å²) < 4.78 is 26.5. The number of hydrogen-bond donors (Lipinski definition) is 1. The number of hydrogen-bond acceptors (Lipinski definition) is 2. The molecule has 2 aromatic carbocycles. The largest absolute Gasteiger partial charge is 0.368 e. The Kier molecular flexibility index (Phi) is 5.05. The average Bonchev–Trinajstić information content (AvgIpc) is 2.54. The molecule has 2 rings (SSSR count). The fraction of sp³-hybridized carbons (Fsp3) is 0.176. The van der Waals surface area contributed by atoms with Crippen LogP contribution in [0.5, 0.6) is 0 Å². The third-order valence-electron chi connectivity index (χ3n) is 3.50. The van der Waals surface area contributed by atoms with E-state index in [1.54, 1.807) is 37.3 Å². The summed E-state index contributed by atoms with van der Waals surface area (Å²) in [6, 6.07) is 11.1. The third-order valence-corrected chi connectivity index (χ3v) is 3.50. The molecule has 1 atom stereocenters. The van der Waals surface area contributed by atoms with Crippen LogP contribution in [0.25, 0.3) is 0 Å². The van der Waals surface area contributed by atoms with Crippen molar-refractivity contribution in [1.82, 2.24) is 4.90 Å². The van der Waals surface area contributed by atoms with Gasteiger partial charge in [0.05, 0.1) is 6.04 Å². The molecule has 0 saturated heterocycles. The zero-order valence-electron chi connectivity index (χ0n) is 12.5. The summed E-state index contributed by atoms with van der Waals surface area (Å²) >= 11 is 0. The molecule has 0 bridgehead atoms. The summed E-state index contributed by atoms with van der Waals surface area (Å²) in [5.41, 5.74) is 5.96. The average molecular weight is 318 g/mol. The van der Waals surface area contributed by atoms with Gasteiger partial charge in [-0.3, -0.25) is 9.59 Å². The molecule has 0 aliphatic carbocycles. The molecule has 0 aromatic heterocycles. The van der Waals surface area contributed by atoms with Crippen LogP contribution in [0.15, 0.2) is 48.5 Å². The maximum atomic E-state index is 13.4. The smallest absolute Gasteiger partial charge is 0.254 e. The van der Waals surface area contributed by atoms with Crippen molar-refractivity contribution in [3.05, 3.63) is 71.3 Å². The van der Waals surface area contributed by atoms with Crippen LogP contribution >= 0.6 is 0 Å². The van der Waals surface area contributed by atoms with E-state index in [2.05, 4.69) is 0 Å². The van der Waals surface area contributed by atoms with Gasteiger partial charge in [-0.1, -0.05) is 24.3 Å². The van der Waals surface area contributed by atoms with Crippen LogP contribution in [-0.4, -0.2) is 23.3 Å². The second-order valence-electron chi connectivity index (χ2n) is 5.11. The number of halogens is 2. The number of rotatable bonds is 5. The van der Waals surface area contributed by atoms with Crippen molar-refractivity contribution in [2.45, 2.75) is 13.0 Å². The van der Waals surface area contributed by atoms with Gasteiger partial charge in [0.2, 0.25) is 5.91 Å². The summed E-state index contributed by atoms with van der Waals surface area (Å²) in [5.74, 6) is -3.09. The molecular formula is C17H16F2N2O2. The van der Waals surface area contributed by atoms with Crippen LogP contribution in [0.4, 0.5) is 8.78 Å². The molecule has 0 heterocycles. The Labute approximate surface area is 132 Å². The van der Waals surface area contributed by atoms with Crippen molar-refractivity contribution in [3.8, 4) is 0 Å². The van der Waals surface area contributed by atoms with Gasteiger partial charge in [-0.15, -0.1) is 0 Å². The van der Waals surface area contributed by atoms with Gasteiger partial charge in [-0.2, -0.15) is 0 Å². The number of nitrogens with zero attached hydrogens (tertiary/aromatic N) is 1. The Hall–Kier alpha value is -2.76. The van der Waals surface area contributed by atoms with E-state index < -0.39 is 29.5 Å². The van der Waals surface area contributed by atoms with Crippen LogP contribution in [0, 0.1) is 11.6 Å². The second kappa shape index (κ2) is 7.00. The molecule has 120 valence electrons. The van der Waals surface area contributed by atoms with Crippen molar-refractivity contribution >= 4 is 11.8 Å². The Morgan fingerprint density at radius 2 is 1.74 bits per heavy atom. The monoisotopic (exact) mass is 318 g/mol. The van der Waals surface area contributed by atoms with Crippen LogP contribution in [0.3, 0.4) is 0 Å². The van der Waals surface area contributed by atoms with Gasteiger partial charge < -0.3 is 10.6 Å². The molecule has 0 aliphatic rings. The summed E-state index contributed by atoms with van der Waals surface area (Å²) in [6.45, 7) is 1.30. The molecule has 1 unspecified atom stereocenters. The SMILES string of the molecule is CC(c1ccc(F)c(F)c1)N(CC(N)=O)C(=O)c1ccccc1. The van der Waals surface area contributed by atoms with Crippen molar-refractivity contribution in [2.75, 3.05) is 6.54 Å². The minimum absolute atomic E-state index is 0.326. The molecule has 0 saturated carbocycles. The lowest BCUT2D eigenvalue weighted by Gasteiger charge is -2.28. The maximum Gasteiger partial charge on any atom is 0.254 e. The molecule has 0 radical (unpaired) electrons. The third kappa shape index (κ3) is 3.91. The molecule has 23 heavy (non-hydrogen) atoms. The zero-order valence-corrected chi connectivity index (χ0v) is 12.5. The fourth-order valence-corrected chi connectivity index (χ4v) is 2.25. The topological polar surface area (TPSA) is 63.4 Å². The number of benzene rings is 2. The van der Waals surface area contributed by atoms with Gasteiger partial charge in [0.15, 0.2) is 11.6 Å². The highest BCUT2D eigenvalue weighted by molar-refractivity contribution is 5.96. The molecule has 0 aliphatic heterocycles. The molecule has 6 heteroatoms. The number of amides is 2. The number of nitrogens with two attached hydrogens (primary N) is 1. The lowest BCUT2D eigenvalue weighted by molar-refractivity contribution is -0.119. The first-order valence-corrected chi connectivity index (χ1v) is 6.99. The van der Waals surface area contributed by atoms with Gasteiger partial charge in [0.1, 0.15) is 6.54 Å². The van der Waals surface area contributed by atoms with Crippen molar-refractivity contribution in [1.29, 1.82) is 0 Å². The van der Waals surface area contributed by atoms with Gasteiger partial charge in [0, 0.05) is 5.56 Å². The number of carbonyl (C=O) groups is 2. The Bertz CT molecular complexity index is 720. The van der Waals surface area contributed by atoms with Gasteiger partial charge in [-0.05, 0) is 36.8 Å². The predicted molar refractivity (Wildman–Crippen MR) is 81.4 cm³/mol. The van der Waals surface area contributed by atoms with Crippen LogP contribution in [-0.2, 0) is 4.79 Å². The Balaban J connectivity index is 2.35. The van der Waals surface area contributed by atoms with E-state index >= 15 is 0 Å². The number of carbonyl (C=O) groups excluding carboxylic acids is 2. The highest BCUT2D eigenvalue weighted by Crippen LogP contribution is 2.23. The molecule has 0 spiro atoms. The summed E-state index contributed by atoms with van der Waals surface area (Å²) in [7, 11) is 0. The molecule has 2 aromatic rings. The fourth-order valence-electron chi connectivity index (χ4n) is 2.25. The van der Waals surface area contributed by atoms with E-state index in [1.807, 2.05) is 0 Å². The quantitative estimate of drug-likeness (QED) is 0.921. The molecule has 2 N–H and O–H groups in total. The molecular weight excluding hydrogens is 302 g/mol. The maximum absolute atomic E-state index is 13.4. The standard InChI is InChI=1S/C17H16F2N2O2/c1-11(13-7-8-14(18)15(19)9-13)21(10-16(20)22)17(23)12-5-3-2-4-6-12/h2-9,11H,10H2,1H3,(H2,20,22). The minimum Gasteiger partial charge on any atom is -0.368 e. The van der Waals surface area contributed by atoms with E-state index in [4.69, 9.17) is 5.73 Å².